The largest absolute Gasteiger partial charge is 0.469 e. The lowest BCUT2D eigenvalue weighted by atomic mass is 9.79. The molecule has 108 valence electrons. The van der Waals surface area contributed by atoms with Gasteiger partial charge in [0.1, 0.15) is 0 Å². The van der Waals surface area contributed by atoms with Crippen LogP contribution in [0.1, 0.15) is 13.8 Å². The Bertz CT molecular complexity index is 502. The van der Waals surface area contributed by atoms with Crippen molar-refractivity contribution in [1.82, 2.24) is 0 Å². The predicted octanol–water partition coefficient (Wildman–Crippen LogP) is 1.08. The Morgan fingerprint density at radius 3 is 1.80 bits per heavy atom. The van der Waals surface area contributed by atoms with E-state index in [-0.39, 0.29) is 24.0 Å². The first-order chi connectivity index (χ1) is 9.51. The van der Waals surface area contributed by atoms with Crippen molar-refractivity contribution in [3.63, 3.8) is 0 Å². The van der Waals surface area contributed by atoms with Crippen LogP contribution in [0.25, 0.3) is 0 Å². The second-order valence-electron chi connectivity index (χ2n) is 5.80. The molecule has 20 heavy (non-hydrogen) atoms. The van der Waals surface area contributed by atoms with E-state index in [0.29, 0.717) is 0 Å². The third-order valence-corrected chi connectivity index (χ3v) is 4.45. The smallest absolute Gasteiger partial charge is 0.312 e. The number of methoxy groups -OCH3 is 2. The summed E-state index contributed by atoms with van der Waals surface area (Å²) in [7, 11) is 2.67. The Kier molecular flexibility index (Phi) is 3.00. The van der Waals surface area contributed by atoms with Crippen LogP contribution in [0.5, 0.6) is 0 Å². The molecule has 2 saturated heterocycles. The van der Waals surface area contributed by atoms with E-state index in [1.165, 1.54) is 19.8 Å². The Morgan fingerprint density at radius 2 is 1.45 bits per heavy atom. The van der Waals surface area contributed by atoms with Crippen molar-refractivity contribution in [3.05, 3.63) is 16.9 Å². The molecule has 0 amide bonds. The van der Waals surface area contributed by atoms with Crippen LogP contribution >= 0.6 is 0 Å². The number of esters is 2. The van der Waals surface area contributed by atoms with Crippen LogP contribution in [0.2, 0.25) is 0 Å². The van der Waals surface area contributed by atoms with E-state index in [9.17, 15) is 9.59 Å². The monoisotopic (exact) mass is 278 g/mol. The van der Waals surface area contributed by atoms with Gasteiger partial charge in [-0.2, -0.15) is 0 Å². The number of carbonyl (C=O) groups excluding carboxylic acids is 2. The average molecular weight is 278 g/mol. The van der Waals surface area contributed by atoms with E-state index in [1.807, 2.05) is 13.8 Å². The van der Waals surface area contributed by atoms with Crippen LogP contribution in [0.15, 0.2) is 16.9 Å². The highest BCUT2D eigenvalue weighted by Crippen LogP contribution is 2.66. The summed E-state index contributed by atoms with van der Waals surface area (Å²) in [6.07, 6.45) is -0.549. The summed E-state index contributed by atoms with van der Waals surface area (Å²) < 4.78 is 15.5. The van der Waals surface area contributed by atoms with Gasteiger partial charge in [0.15, 0.2) is 0 Å². The van der Waals surface area contributed by atoms with E-state index in [0.717, 1.165) is 5.57 Å². The first-order valence-corrected chi connectivity index (χ1v) is 6.76. The van der Waals surface area contributed by atoms with Crippen LogP contribution in [0.3, 0.4) is 0 Å². The number of fused-ring (bicyclic) bond motifs is 5. The maximum Gasteiger partial charge on any atom is 0.312 e. The molecule has 3 fully saturated rings. The van der Waals surface area contributed by atoms with Gasteiger partial charge >= 0.3 is 11.9 Å². The van der Waals surface area contributed by atoms with Gasteiger partial charge in [-0.3, -0.25) is 9.59 Å². The fraction of sp³-hybridized carbons (Fsp3) is 0.667. The van der Waals surface area contributed by atoms with Gasteiger partial charge in [-0.1, -0.05) is 0 Å². The van der Waals surface area contributed by atoms with Gasteiger partial charge in [0, 0.05) is 11.8 Å². The SMILES string of the molecule is COC(=O)[C@@H]1[C@@H]2O[C@@H]([C@H]3C(=C=C(C)C)[C@@H]23)[C@@H]1C(=O)OC. The molecule has 1 saturated carbocycles. The molecule has 0 aromatic rings. The fourth-order valence-electron chi connectivity index (χ4n) is 3.73. The summed E-state index contributed by atoms with van der Waals surface area (Å²) in [6, 6.07) is 0. The fourth-order valence-corrected chi connectivity index (χ4v) is 3.73. The van der Waals surface area contributed by atoms with Gasteiger partial charge < -0.3 is 14.2 Å². The molecule has 5 nitrogen and oxygen atoms in total. The number of hydrogen-bond donors (Lipinski definition) is 0. The van der Waals surface area contributed by atoms with Crippen LogP contribution in [0.4, 0.5) is 0 Å². The molecule has 3 rings (SSSR count). The molecule has 0 spiro atoms. The van der Waals surface area contributed by atoms with Gasteiger partial charge in [0.2, 0.25) is 0 Å². The Balaban J connectivity index is 1.96. The Labute approximate surface area is 117 Å². The zero-order valence-electron chi connectivity index (χ0n) is 12.0. The van der Waals surface area contributed by atoms with Crippen molar-refractivity contribution in [1.29, 1.82) is 0 Å². The molecule has 0 radical (unpaired) electrons. The maximum absolute atomic E-state index is 12.0. The zero-order chi connectivity index (χ0) is 14.6. The van der Waals surface area contributed by atoms with E-state index in [4.69, 9.17) is 14.2 Å². The van der Waals surface area contributed by atoms with E-state index in [2.05, 4.69) is 5.73 Å². The minimum absolute atomic E-state index is 0.208. The topological polar surface area (TPSA) is 61.8 Å². The summed E-state index contributed by atoms with van der Waals surface area (Å²) in [4.78, 5) is 24.0. The Hall–Kier alpha value is -1.58. The number of carbonyl (C=O) groups is 2. The van der Waals surface area contributed by atoms with Crippen molar-refractivity contribution in [2.45, 2.75) is 26.1 Å². The summed E-state index contributed by atoms with van der Waals surface area (Å²) >= 11 is 0. The lowest BCUT2D eigenvalue weighted by molar-refractivity contribution is -0.158. The molecule has 0 aromatic carbocycles. The summed E-state index contributed by atoms with van der Waals surface area (Å²) in [5, 5.41) is 0. The Morgan fingerprint density at radius 1 is 1.00 bits per heavy atom. The first kappa shape index (κ1) is 13.4. The van der Waals surface area contributed by atoms with Gasteiger partial charge in [0.05, 0.1) is 38.3 Å². The summed E-state index contributed by atoms with van der Waals surface area (Å²) in [6.45, 7) is 3.97. The van der Waals surface area contributed by atoms with E-state index in [1.54, 1.807) is 0 Å². The molecular formula is C15H18O5. The lowest BCUT2D eigenvalue weighted by Crippen LogP contribution is -2.40. The highest BCUT2D eigenvalue weighted by molar-refractivity contribution is 5.85. The number of ether oxygens (including phenoxy) is 3. The lowest BCUT2D eigenvalue weighted by Gasteiger charge is -2.22. The van der Waals surface area contributed by atoms with E-state index < -0.39 is 23.8 Å². The second-order valence-corrected chi connectivity index (χ2v) is 5.80. The molecule has 2 bridgehead atoms. The van der Waals surface area contributed by atoms with Crippen LogP contribution in [-0.4, -0.2) is 38.4 Å². The number of hydrogen-bond acceptors (Lipinski definition) is 5. The van der Waals surface area contributed by atoms with Gasteiger partial charge in [-0.25, -0.2) is 0 Å². The zero-order valence-corrected chi connectivity index (χ0v) is 12.0. The molecule has 0 aromatic heterocycles. The molecule has 5 heteroatoms. The van der Waals surface area contributed by atoms with Crippen LogP contribution < -0.4 is 0 Å². The molecule has 2 heterocycles. The predicted molar refractivity (Wildman–Crippen MR) is 68.5 cm³/mol. The van der Waals surface area contributed by atoms with Crippen molar-refractivity contribution < 1.29 is 23.8 Å². The molecule has 0 unspecified atom stereocenters. The molecular weight excluding hydrogens is 260 g/mol. The average Bonchev–Trinajstić information content (AvgIpc) is 2.84. The molecule has 3 aliphatic rings. The van der Waals surface area contributed by atoms with Crippen molar-refractivity contribution in [2.75, 3.05) is 14.2 Å². The molecule has 6 atom stereocenters. The highest BCUT2D eigenvalue weighted by Gasteiger charge is 2.73. The third kappa shape index (κ3) is 1.67. The van der Waals surface area contributed by atoms with E-state index >= 15 is 0 Å². The maximum atomic E-state index is 12.0. The standard InChI is InChI=1S/C15H18O5/c1-6(2)5-7-8-9(7)13-11(15(17)19-4)10(12(8)20-13)14(16)18-3/h8-13H,1-4H3/t8-,9+,10+,11-,12-,13+. The summed E-state index contributed by atoms with van der Waals surface area (Å²) in [5.41, 5.74) is 5.59. The van der Waals surface area contributed by atoms with Crippen molar-refractivity contribution in [3.8, 4) is 0 Å². The third-order valence-electron chi connectivity index (χ3n) is 4.45. The van der Waals surface area contributed by atoms with Crippen molar-refractivity contribution >= 4 is 11.9 Å². The van der Waals surface area contributed by atoms with Gasteiger partial charge in [0.25, 0.3) is 0 Å². The highest BCUT2D eigenvalue weighted by atomic mass is 16.6. The summed E-state index contributed by atoms with van der Waals surface area (Å²) in [5.74, 6) is -1.49. The molecule has 2 aliphatic heterocycles. The van der Waals surface area contributed by atoms with Crippen molar-refractivity contribution in [2.24, 2.45) is 23.7 Å². The second kappa shape index (κ2) is 4.47. The minimum atomic E-state index is -0.560. The molecule has 1 aliphatic carbocycles. The quantitative estimate of drug-likeness (QED) is 0.559. The minimum Gasteiger partial charge on any atom is -0.469 e. The normalized spacial score (nSPS) is 39.9. The van der Waals surface area contributed by atoms with Gasteiger partial charge in [-0.15, -0.1) is 5.73 Å². The molecule has 0 N–H and O–H groups in total. The van der Waals surface area contributed by atoms with Crippen LogP contribution in [-0.2, 0) is 23.8 Å². The van der Waals surface area contributed by atoms with Crippen LogP contribution in [0, 0.1) is 23.7 Å². The van der Waals surface area contributed by atoms with Gasteiger partial charge in [-0.05, 0) is 25.0 Å². The first-order valence-electron chi connectivity index (χ1n) is 6.76. The number of rotatable bonds is 2.